The molecule has 2 amide bonds. The molecule has 2 aromatic carbocycles. The summed E-state index contributed by atoms with van der Waals surface area (Å²) in [6, 6.07) is 22.3. The maximum atomic E-state index is 13.3. The van der Waals surface area contributed by atoms with E-state index >= 15 is 0 Å². The largest absolute Gasteiger partial charge is 0.468 e. The molecule has 1 aromatic heterocycles. The molecule has 0 fully saturated rings. The molecule has 176 valence electrons. The summed E-state index contributed by atoms with van der Waals surface area (Å²) in [5.74, 6) is -0.677. The lowest BCUT2D eigenvalue weighted by Crippen LogP contribution is -2.31. The van der Waals surface area contributed by atoms with Crippen molar-refractivity contribution in [1.29, 1.82) is 5.26 Å². The van der Waals surface area contributed by atoms with Gasteiger partial charge in [0.1, 0.15) is 5.76 Å². The fraction of sp³-hybridized carbons (Fsp3) is 0.148. The lowest BCUT2D eigenvalue weighted by Gasteiger charge is -2.28. The zero-order valence-electron chi connectivity index (χ0n) is 19.3. The average molecular weight is 485 g/mol. The first-order chi connectivity index (χ1) is 17.0. The predicted octanol–water partition coefficient (Wildman–Crippen LogP) is 5.29. The minimum atomic E-state index is -0.706. The van der Waals surface area contributed by atoms with E-state index in [-0.39, 0.29) is 17.6 Å². The SMILES string of the molecule is CC1=C(C(=O)Nc2ccccc2)[C@@H](c2ccco2)C(C#N)=C(SCC(=O)Nc2cccc(C)c2)N1. The lowest BCUT2D eigenvalue weighted by atomic mass is 9.85. The van der Waals surface area contributed by atoms with Crippen LogP contribution in [0.25, 0.3) is 0 Å². The van der Waals surface area contributed by atoms with Crippen molar-refractivity contribution in [3.05, 3.63) is 106 Å². The highest BCUT2D eigenvalue weighted by atomic mass is 32.2. The molecule has 3 aromatic rings. The van der Waals surface area contributed by atoms with Crippen molar-refractivity contribution in [2.24, 2.45) is 0 Å². The number of anilines is 2. The number of nitrogens with zero attached hydrogens (tertiary/aromatic N) is 1. The maximum Gasteiger partial charge on any atom is 0.254 e. The van der Waals surface area contributed by atoms with Gasteiger partial charge in [0, 0.05) is 17.1 Å². The third-order valence-electron chi connectivity index (χ3n) is 5.40. The first-order valence-electron chi connectivity index (χ1n) is 11.0. The Hall–Kier alpha value is -4.22. The minimum Gasteiger partial charge on any atom is -0.468 e. The Kier molecular flexibility index (Phi) is 7.38. The van der Waals surface area contributed by atoms with Crippen LogP contribution in [-0.2, 0) is 9.59 Å². The number of nitriles is 1. The van der Waals surface area contributed by atoms with Crippen molar-refractivity contribution in [1.82, 2.24) is 5.32 Å². The summed E-state index contributed by atoms with van der Waals surface area (Å²) in [7, 11) is 0. The molecule has 35 heavy (non-hydrogen) atoms. The van der Waals surface area contributed by atoms with Crippen LogP contribution in [0.4, 0.5) is 11.4 Å². The van der Waals surface area contributed by atoms with E-state index in [9.17, 15) is 14.9 Å². The lowest BCUT2D eigenvalue weighted by molar-refractivity contribution is -0.114. The van der Waals surface area contributed by atoms with Gasteiger partial charge in [0.2, 0.25) is 5.91 Å². The predicted molar refractivity (Wildman–Crippen MR) is 137 cm³/mol. The van der Waals surface area contributed by atoms with Crippen LogP contribution in [0.15, 0.2) is 99.3 Å². The number of hydrogen-bond acceptors (Lipinski definition) is 6. The fourth-order valence-corrected chi connectivity index (χ4v) is 4.74. The van der Waals surface area contributed by atoms with Crippen LogP contribution < -0.4 is 16.0 Å². The van der Waals surface area contributed by atoms with Gasteiger partial charge in [-0.3, -0.25) is 9.59 Å². The van der Waals surface area contributed by atoms with Crippen molar-refractivity contribution < 1.29 is 14.0 Å². The molecule has 0 unspecified atom stereocenters. The molecule has 1 aliphatic heterocycles. The smallest absolute Gasteiger partial charge is 0.254 e. The van der Waals surface area contributed by atoms with Crippen LogP contribution >= 0.6 is 11.8 Å². The zero-order chi connectivity index (χ0) is 24.8. The topological polar surface area (TPSA) is 107 Å². The molecule has 4 rings (SSSR count). The van der Waals surface area contributed by atoms with Crippen molar-refractivity contribution in [2.75, 3.05) is 16.4 Å². The molecule has 0 bridgehead atoms. The molecule has 0 aliphatic carbocycles. The molecule has 1 atom stereocenters. The van der Waals surface area contributed by atoms with Gasteiger partial charge in [-0.05, 0) is 55.8 Å². The van der Waals surface area contributed by atoms with Gasteiger partial charge < -0.3 is 20.4 Å². The third kappa shape index (κ3) is 5.65. The summed E-state index contributed by atoms with van der Waals surface area (Å²) in [6.07, 6.45) is 1.51. The molecule has 2 heterocycles. The van der Waals surface area contributed by atoms with Crippen LogP contribution in [0.1, 0.15) is 24.2 Å². The van der Waals surface area contributed by atoms with Gasteiger partial charge in [-0.15, -0.1) is 0 Å². The van der Waals surface area contributed by atoms with E-state index in [0.717, 1.165) is 5.56 Å². The molecule has 0 saturated heterocycles. The van der Waals surface area contributed by atoms with E-state index in [1.165, 1.54) is 18.0 Å². The number of amides is 2. The van der Waals surface area contributed by atoms with Crippen molar-refractivity contribution >= 4 is 35.0 Å². The first-order valence-corrected chi connectivity index (χ1v) is 12.0. The summed E-state index contributed by atoms with van der Waals surface area (Å²) in [5, 5.41) is 19.5. The van der Waals surface area contributed by atoms with E-state index in [0.29, 0.717) is 39.0 Å². The third-order valence-corrected chi connectivity index (χ3v) is 6.42. The number of thioether (sulfide) groups is 1. The molecule has 0 radical (unpaired) electrons. The standard InChI is InChI=1S/C27H24N4O3S/c1-17-8-6-11-20(14-17)30-23(32)16-35-27-21(15-28)25(22-12-7-13-34-22)24(18(2)29-27)26(33)31-19-9-4-3-5-10-19/h3-14,25,29H,16H2,1-2H3,(H,30,32)(H,31,33)/t25-/m1/s1. The number of aryl methyl sites for hydroxylation is 1. The van der Waals surface area contributed by atoms with Gasteiger partial charge in [-0.25, -0.2) is 0 Å². The van der Waals surface area contributed by atoms with E-state index in [1.807, 2.05) is 49.4 Å². The minimum absolute atomic E-state index is 0.0884. The van der Waals surface area contributed by atoms with E-state index in [4.69, 9.17) is 4.42 Å². The van der Waals surface area contributed by atoms with Gasteiger partial charge in [0.05, 0.1) is 40.2 Å². The fourth-order valence-electron chi connectivity index (χ4n) is 3.85. The first kappa shape index (κ1) is 23.9. The van der Waals surface area contributed by atoms with Gasteiger partial charge >= 0.3 is 0 Å². The second kappa shape index (κ2) is 10.8. The van der Waals surface area contributed by atoms with E-state index < -0.39 is 5.92 Å². The highest BCUT2D eigenvalue weighted by molar-refractivity contribution is 8.03. The number of rotatable bonds is 7. The number of furan rings is 1. The Labute approximate surface area is 207 Å². The second-order valence-electron chi connectivity index (χ2n) is 7.99. The maximum absolute atomic E-state index is 13.3. The highest BCUT2D eigenvalue weighted by Gasteiger charge is 2.36. The van der Waals surface area contributed by atoms with Gasteiger partial charge in [-0.2, -0.15) is 5.26 Å². The number of benzene rings is 2. The number of allylic oxidation sites excluding steroid dienone is 2. The number of carbonyl (C=O) groups excluding carboxylic acids is 2. The zero-order valence-corrected chi connectivity index (χ0v) is 20.1. The summed E-state index contributed by atoms with van der Waals surface area (Å²) in [6.45, 7) is 3.73. The molecule has 3 N–H and O–H groups in total. The van der Waals surface area contributed by atoms with Crippen molar-refractivity contribution in [2.45, 2.75) is 19.8 Å². The van der Waals surface area contributed by atoms with Crippen molar-refractivity contribution in [3.8, 4) is 6.07 Å². The molecule has 0 spiro atoms. The van der Waals surface area contributed by atoms with Gasteiger partial charge in [0.25, 0.3) is 5.91 Å². The number of hydrogen-bond donors (Lipinski definition) is 3. The summed E-state index contributed by atoms with van der Waals surface area (Å²) >= 11 is 1.21. The van der Waals surface area contributed by atoms with Crippen LogP contribution in [0.2, 0.25) is 0 Å². The van der Waals surface area contributed by atoms with Gasteiger partial charge in [-0.1, -0.05) is 42.1 Å². The molecule has 0 saturated carbocycles. The molecule has 7 nitrogen and oxygen atoms in total. The summed E-state index contributed by atoms with van der Waals surface area (Å²) in [5.41, 5.74) is 3.69. The van der Waals surface area contributed by atoms with Crippen LogP contribution in [0.3, 0.4) is 0 Å². The Balaban J connectivity index is 1.58. The number of para-hydroxylation sites is 1. The van der Waals surface area contributed by atoms with E-state index in [1.54, 1.807) is 31.2 Å². The Morgan fingerprint density at radius 1 is 1.03 bits per heavy atom. The number of carbonyl (C=O) groups is 2. The Bertz CT molecular complexity index is 1340. The second-order valence-corrected chi connectivity index (χ2v) is 8.98. The highest BCUT2D eigenvalue weighted by Crippen LogP contribution is 2.41. The van der Waals surface area contributed by atoms with Gasteiger partial charge in [0.15, 0.2) is 0 Å². The molecular weight excluding hydrogens is 460 g/mol. The average Bonchev–Trinajstić information content (AvgIpc) is 3.37. The van der Waals surface area contributed by atoms with Crippen LogP contribution in [0.5, 0.6) is 0 Å². The molecular formula is C27H24N4O3S. The quantitative estimate of drug-likeness (QED) is 0.420. The Morgan fingerprint density at radius 2 is 1.80 bits per heavy atom. The molecule has 1 aliphatic rings. The summed E-state index contributed by atoms with van der Waals surface area (Å²) < 4.78 is 5.63. The normalized spacial score (nSPS) is 15.3. The number of nitrogens with one attached hydrogen (secondary N) is 3. The van der Waals surface area contributed by atoms with Crippen LogP contribution in [-0.4, -0.2) is 17.6 Å². The van der Waals surface area contributed by atoms with Crippen molar-refractivity contribution in [3.63, 3.8) is 0 Å². The van der Waals surface area contributed by atoms with E-state index in [2.05, 4.69) is 22.0 Å². The Morgan fingerprint density at radius 3 is 2.49 bits per heavy atom. The van der Waals surface area contributed by atoms with Crippen LogP contribution in [0, 0.1) is 18.3 Å². The molecule has 8 heteroatoms. The monoisotopic (exact) mass is 484 g/mol. The number of dihydropyridines is 1. The summed E-state index contributed by atoms with van der Waals surface area (Å²) in [4.78, 5) is 25.9.